The lowest BCUT2D eigenvalue weighted by Crippen LogP contribution is -2.52. The van der Waals surface area contributed by atoms with Crippen molar-refractivity contribution in [3.8, 4) is 0 Å². The third-order valence-corrected chi connectivity index (χ3v) is 8.82. The minimum Gasteiger partial charge on any atom is -0.352 e. The molecule has 1 aromatic rings. The third kappa shape index (κ3) is 5.70. The number of piperidine rings is 1. The molecule has 0 spiro atoms. The molecule has 3 fully saturated rings. The molecule has 1 saturated carbocycles. The standard InChI is InChI=1S/C24H35N3O4S/c28-23(22(19-7-3-1-4-8-19)26-15-17-32(30,31)18-16-26)25-21-11-13-27(14-12-21)24(29)20-9-5-2-6-10-20/h1,3-4,7-8,20-22H,2,5-6,9-18H2,(H,25,28). The normalized spacial score (nSPS) is 24.1. The number of sulfone groups is 1. The highest BCUT2D eigenvalue weighted by Gasteiger charge is 2.35. The molecule has 0 bridgehead atoms. The topological polar surface area (TPSA) is 86.8 Å². The van der Waals surface area contributed by atoms with Gasteiger partial charge in [0.1, 0.15) is 6.04 Å². The number of carbonyl (C=O) groups excluding carboxylic acids is 2. The van der Waals surface area contributed by atoms with Crippen LogP contribution in [0.5, 0.6) is 0 Å². The highest BCUT2D eigenvalue weighted by Crippen LogP contribution is 2.27. The molecule has 3 aliphatic rings. The molecule has 176 valence electrons. The summed E-state index contributed by atoms with van der Waals surface area (Å²) in [5.41, 5.74) is 0.884. The minimum absolute atomic E-state index is 0.0395. The molecular weight excluding hydrogens is 426 g/mol. The number of likely N-dealkylation sites (tertiary alicyclic amines) is 1. The predicted molar refractivity (Wildman–Crippen MR) is 124 cm³/mol. The van der Waals surface area contributed by atoms with Gasteiger partial charge in [0.25, 0.3) is 0 Å². The zero-order chi connectivity index (χ0) is 22.6. The smallest absolute Gasteiger partial charge is 0.242 e. The van der Waals surface area contributed by atoms with Crippen molar-refractivity contribution in [3.63, 3.8) is 0 Å². The summed E-state index contributed by atoms with van der Waals surface area (Å²) in [5.74, 6) is 0.586. The lowest BCUT2D eigenvalue weighted by molar-refractivity contribution is -0.137. The van der Waals surface area contributed by atoms with Crippen molar-refractivity contribution >= 4 is 21.7 Å². The number of nitrogens with one attached hydrogen (secondary N) is 1. The predicted octanol–water partition coefficient (Wildman–Crippen LogP) is 2.15. The molecule has 2 amide bonds. The molecule has 2 aliphatic heterocycles. The van der Waals surface area contributed by atoms with E-state index in [4.69, 9.17) is 0 Å². The van der Waals surface area contributed by atoms with Gasteiger partial charge < -0.3 is 10.2 Å². The van der Waals surface area contributed by atoms with Crippen LogP contribution in [-0.4, -0.2) is 73.8 Å². The first-order valence-corrected chi connectivity index (χ1v) is 13.8. The first kappa shape index (κ1) is 23.2. The lowest BCUT2D eigenvalue weighted by atomic mass is 9.87. The summed E-state index contributed by atoms with van der Waals surface area (Å²) in [6.07, 6.45) is 7.10. The molecule has 0 radical (unpaired) electrons. The third-order valence-electron chi connectivity index (χ3n) is 7.22. The Balaban J connectivity index is 1.36. The van der Waals surface area contributed by atoms with Gasteiger partial charge in [-0.2, -0.15) is 0 Å². The maximum absolute atomic E-state index is 13.4. The van der Waals surface area contributed by atoms with E-state index in [-0.39, 0.29) is 29.4 Å². The summed E-state index contributed by atoms with van der Waals surface area (Å²) in [6, 6.07) is 9.14. The first-order valence-electron chi connectivity index (χ1n) is 12.0. The Labute approximate surface area is 191 Å². The van der Waals surface area contributed by atoms with Crippen molar-refractivity contribution in [2.45, 2.75) is 57.0 Å². The highest BCUT2D eigenvalue weighted by molar-refractivity contribution is 7.91. The fraction of sp³-hybridized carbons (Fsp3) is 0.667. The second kappa shape index (κ2) is 10.3. The Morgan fingerprint density at radius 3 is 2.12 bits per heavy atom. The molecule has 1 atom stereocenters. The van der Waals surface area contributed by atoms with Crippen LogP contribution in [0, 0.1) is 5.92 Å². The van der Waals surface area contributed by atoms with Gasteiger partial charge in [0.2, 0.25) is 11.8 Å². The average molecular weight is 462 g/mol. The van der Waals surface area contributed by atoms with Crippen LogP contribution in [0.1, 0.15) is 56.6 Å². The van der Waals surface area contributed by atoms with Gasteiger partial charge in [0.05, 0.1) is 11.5 Å². The SMILES string of the molecule is O=C(NC1CCN(C(=O)C2CCCCC2)CC1)C(c1ccccc1)N1CCS(=O)(=O)CC1. The van der Waals surface area contributed by atoms with Crippen molar-refractivity contribution in [2.75, 3.05) is 37.7 Å². The van der Waals surface area contributed by atoms with Crippen LogP contribution in [0.3, 0.4) is 0 Å². The Hall–Kier alpha value is -1.93. The van der Waals surface area contributed by atoms with E-state index in [0.29, 0.717) is 32.1 Å². The van der Waals surface area contributed by atoms with Gasteiger partial charge in [-0.05, 0) is 31.2 Å². The Morgan fingerprint density at radius 2 is 1.50 bits per heavy atom. The van der Waals surface area contributed by atoms with E-state index in [1.807, 2.05) is 40.1 Å². The summed E-state index contributed by atoms with van der Waals surface area (Å²) in [7, 11) is -3.02. The van der Waals surface area contributed by atoms with Crippen molar-refractivity contribution in [3.05, 3.63) is 35.9 Å². The van der Waals surface area contributed by atoms with Crippen LogP contribution in [0.15, 0.2) is 30.3 Å². The summed E-state index contributed by atoms with van der Waals surface area (Å²) < 4.78 is 23.8. The zero-order valence-electron chi connectivity index (χ0n) is 18.7. The largest absolute Gasteiger partial charge is 0.352 e. The maximum atomic E-state index is 13.4. The van der Waals surface area contributed by atoms with Gasteiger partial charge in [-0.15, -0.1) is 0 Å². The molecule has 32 heavy (non-hydrogen) atoms. The fourth-order valence-corrected chi connectivity index (χ4v) is 6.51. The molecule has 7 nitrogen and oxygen atoms in total. The molecule has 4 rings (SSSR count). The van der Waals surface area contributed by atoms with Crippen molar-refractivity contribution in [1.29, 1.82) is 0 Å². The van der Waals surface area contributed by atoms with Crippen LogP contribution >= 0.6 is 0 Å². The van der Waals surface area contributed by atoms with Gasteiger partial charge in [-0.1, -0.05) is 49.6 Å². The maximum Gasteiger partial charge on any atom is 0.242 e. The van der Waals surface area contributed by atoms with Crippen LogP contribution < -0.4 is 5.32 Å². The summed E-state index contributed by atoms with van der Waals surface area (Å²) in [4.78, 5) is 30.1. The van der Waals surface area contributed by atoms with Crippen molar-refractivity contribution in [2.24, 2.45) is 5.92 Å². The van der Waals surface area contributed by atoms with E-state index in [2.05, 4.69) is 5.32 Å². The lowest BCUT2D eigenvalue weighted by Gasteiger charge is -2.37. The number of hydrogen-bond donors (Lipinski definition) is 1. The Morgan fingerprint density at radius 1 is 0.875 bits per heavy atom. The molecule has 1 aliphatic carbocycles. The number of benzene rings is 1. The molecule has 2 saturated heterocycles. The molecule has 8 heteroatoms. The van der Waals surface area contributed by atoms with Crippen LogP contribution in [0.4, 0.5) is 0 Å². The van der Waals surface area contributed by atoms with E-state index >= 15 is 0 Å². The molecule has 0 aromatic heterocycles. The number of hydrogen-bond acceptors (Lipinski definition) is 5. The van der Waals surface area contributed by atoms with E-state index in [1.54, 1.807) is 0 Å². The van der Waals surface area contributed by atoms with Gasteiger partial charge >= 0.3 is 0 Å². The molecule has 1 aromatic carbocycles. The summed E-state index contributed by atoms with van der Waals surface area (Å²) in [6.45, 7) is 2.11. The quantitative estimate of drug-likeness (QED) is 0.726. The zero-order valence-corrected chi connectivity index (χ0v) is 19.6. The molecule has 1 unspecified atom stereocenters. The minimum atomic E-state index is -3.02. The molecule has 1 N–H and O–H groups in total. The fourth-order valence-electron chi connectivity index (χ4n) is 5.28. The van der Waals surface area contributed by atoms with E-state index in [1.165, 1.54) is 6.42 Å². The summed E-state index contributed by atoms with van der Waals surface area (Å²) in [5, 5.41) is 3.21. The van der Waals surface area contributed by atoms with Gasteiger partial charge in [0, 0.05) is 38.1 Å². The van der Waals surface area contributed by atoms with E-state index in [9.17, 15) is 18.0 Å². The van der Waals surface area contributed by atoms with Crippen LogP contribution in [0.25, 0.3) is 0 Å². The van der Waals surface area contributed by atoms with Crippen LogP contribution in [-0.2, 0) is 19.4 Å². The second-order valence-corrected chi connectivity index (χ2v) is 11.7. The van der Waals surface area contributed by atoms with Crippen LogP contribution in [0.2, 0.25) is 0 Å². The number of carbonyl (C=O) groups is 2. The van der Waals surface area contributed by atoms with E-state index < -0.39 is 15.9 Å². The second-order valence-electron chi connectivity index (χ2n) is 9.44. The van der Waals surface area contributed by atoms with Gasteiger partial charge in [-0.25, -0.2) is 8.42 Å². The van der Waals surface area contributed by atoms with Crippen molar-refractivity contribution < 1.29 is 18.0 Å². The number of rotatable bonds is 5. The summed E-state index contributed by atoms with van der Waals surface area (Å²) >= 11 is 0. The van der Waals surface area contributed by atoms with E-state index in [0.717, 1.165) is 44.1 Å². The highest BCUT2D eigenvalue weighted by atomic mass is 32.2. The number of nitrogens with zero attached hydrogens (tertiary/aromatic N) is 2. The van der Waals surface area contributed by atoms with Crippen molar-refractivity contribution in [1.82, 2.24) is 15.1 Å². The Kier molecular flexibility index (Phi) is 7.51. The monoisotopic (exact) mass is 461 g/mol. The van der Waals surface area contributed by atoms with Gasteiger partial charge in [0.15, 0.2) is 9.84 Å². The number of amides is 2. The average Bonchev–Trinajstić information content (AvgIpc) is 2.82. The Bertz CT molecular complexity index is 877. The molecular formula is C24H35N3O4S. The first-order chi connectivity index (χ1) is 15.4. The van der Waals surface area contributed by atoms with Gasteiger partial charge in [-0.3, -0.25) is 14.5 Å². The molecule has 2 heterocycles.